The van der Waals surface area contributed by atoms with Gasteiger partial charge in [-0.3, -0.25) is 0 Å². The molecular formula is C68H72B2N2. The lowest BCUT2D eigenvalue weighted by Crippen LogP contribution is -2.75. The lowest BCUT2D eigenvalue weighted by atomic mass is 9.20. The van der Waals surface area contributed by atoms with E-state index in [0.717, 1.165) is 25.7 Å². The molecule has 0 N–H and O–H groups in total. The highest BCUT2D eigenvalue weighted by atomic mass is 15.0. The normalized spacial score (nSPS) is 12.5. The molecule has 72 heavy (non-hydrogen) atoms. The first-order valence-corrected chi connectivity index (χ1v) is 27.7. The maximum Gasteiger partial charge on any atom is 0.240 e. The first-order chi connectivity index (χ1) is 35.2. The summed E-state index contributed by atoms with van der Waals surface area (Å²) in [5.41, 5.74) is 27.3. The first kappa shape index (κ1) is 47.8. The molecule has 0 radical (unpaired) electrons. The predicted molar refractivity (Wildman–Crippen MR) is 317 cm³/mol. The Kier molecular flexibility index (Phi) is 13.4. The van der Waals surface area contributed by atoms with Crippen molar-refractivity contribution in [2.24, 2.45) is 0 Å². The summed E-state index contributed by atoms with van der Waals surface area (Å²) in [6.07, 6.45) is 14.2. The van der Waals surface area contributed by atoms with E-state index < -0.39 is 0 Å². The van der Waals surface area contributed by atoms with E-state index >= 15 is 0 Å². The fraction of sp³-hybridized carbons (Fsp3) is 0.294. The Hall–Kier alpha value is -6.51. The van der Waals surface area contributed by atoms with Crippen molar-refractivity contribution >= 4 is 89.8 Å². The molecule has 4 heteroatoms. The molecule has 360 valence electrons. The van der Waals surface area contributed by atoms with E-state index in [1.165, 1.54) is 184 Å². The van der Waals surface area contributed by atoms with Gasteiger partial charge in [0, 0.05) is 32.9 Å². The maximum atomic E-state index is 2.55. The Labute approximate surface area is 430 Å². The topological polar surface area (TPSA) is 9.86 Å². The van der Waals surface area contributed by atoms with Crippen LogP contribution in [-0.4, -0.2) is 22.6 Å². The molecule has 11 rings (SSSR count). The number of hydrogen-bond acceptors (Lipinski definition) is 0. The van der Waals surface area contributed by atoms with Crippen molar-refractivity contribution in [1.29, 1.82) is 0 Å². The van der Waals surface area contributed by atoms with E-state index in [4.69, 9.17) is 0 Å². The summed E-state index contributed by atoms with van der Waals surface area (Å²) in [4.78, 5) is 0. The minimum Gasteiger partial charge on any atom is -0.309 e. The fourth-order valence-corrected chi connectivity index (χ4v) is 13.0. The average Bonchev–Trinajstić information content (AvgIpc) is 3.89. The zero-order valence-electron chi connectivity index (χ0n) is 44.4. The van der Waals surface area contributed by atoms with Crippen LogP contribution in [0.1, 0.15) is 124 Å². The first-order valence-electron chi connectivity index (χ1n) is 27.7. The Morgan fingerprint density at radius 1 is 0.319 bits per heavy atom. The molecule has 0 bridgehead atoms. The molecule has 8 aromatic carbocycles. The van der Waals surface area contributed by atoms with Crippen LogP contribution in [0.2, 0.25) is 0 Å². The van der Waals surface area contributed by atoms with Gasteiger partial charge in [-0.05, 0) is 174 Å². The molecule has 0 amide bonds. The van der Waals surface area contributed by atoms with Gasteiger partial charge in [-0.1, -0.05) is 181 Å². The zero-order chi connectivity index (χ0) is 49.6. The summed E-state index contributed by atoms with van der Waals surface area (Å²) in [6.45, 7) is 18.9. The molecule has 0 unspecified atom stereocenters. The van der Waals surface area contributed by atoms with Gasteiger partial charge in [0.1, 0.15) is 0 Å². The monoisotopic (exact) mass is 939 g/mol. The van der Waals surface area contributed by atoms with Gasteiger partial charge in [0.2, 0.25) is 13.4 Å². The van der Waals surface area contributed by atoms with Gasteiger partial charge in [0.25, 0.3) is 0 Å². The third-order valence-corrected chi connectivity index (χ3v) is 16.6. The number of benzene rings is 8. The lowest BCUT2D eigenvalue weighted by Gasteiger charge is -2.34. The Balaban J connectivity index is 1.02. The standard InChI is InChI=1S/C68H72B2N2/c1-9-13-21-49-29-33-63-55(41-49)56-42-50(22-14-10-2)30-34-64(56)71(63)53-37-45(5)67(46(6)38-53)69-59-25-17-19-27-61(59)70(62-28-20-18-26-60(62)69)68-47(7)39-54(40-48(68)8)72-65-35-31-51(23-15-11-3)43-57(65)58-44-52(24-16-12-4)32-36-66(58)72/h17-20,25-44H,9-16,21-24H2,1-8H3. The van der Waals surface area contributed by atoms with Gasteiger partial charge < -0.3 is 9.13 Å². The largest absolute Gasteiger partial charge is 0.309 e. The number of nitrogens with zero attached hydrogens (tertiary/aromatic N) is 2. The quantitative estimate of drug-likeness (QED) is 0.0855. The summed E-state index contributed by atoms with van der Waals surface area (Å²) in [5, 5.41) is 5.50. The van der Waals surface area contributed by atoms with Crippen LogP contribution in [0.25, 0.3) is 55.0 Å². The molecule has 1 aliphatic rings. The van der Waals surface area contributed by atoms with Gasteiger partial charge in [-0.25, -0.2) is 0 Å². The predicted octanol–water partition coefficient (Wildman–Crippen LogP) is 13.8. The smallest absolute Gasteiger partial charge is 0.240 e. The van der Waals surface area contributed by atoms with Crippen LogP contribution < -0.4 is 32.8 Å². The van der Waals surface area contributed by atoms with Gasteiger partial charge >= 0.3 is 0 Å². The summed E-state index contributed by atoms with van der Waals surface area (Å²) in [7, 11) is 0. The van der Waals surface area contributed by atoms with Crippen molar-refractivity contribution < 1.29 is 0 Å². The van der Waals surface area contributed by atoms with Crippen LogP contribution in [0, 0.1) is 27.7 Å². The van der Waals surface area contributed by atoms with Crippen molar-refractivity contribution in [3.63, 3.8) is 0 Å². The molecule has 0 saturated carbocycles. The van der Waals surface area contributed by atoms with E-state index in [1.54, 1.807) is 0 Å². The Morgan fingerprint density at radius 3 is 0.806 bits per heavy atom. The van der Waals surface area contributed by atoms with E-state index in [2.05, 4.69) is 210 Å². The van der Waals surface area contributed by atoms with Crippen molar-refractivity contribution in [2.45, 2.75) is 132 Å². The highest BCUT2D eigenvalue weighted by Crippen LogP contribution is 2.36. The second-order valence-corrected chi connectivity index (χ2v) is 21.6. The summed E-state index contributed by atoms with van der Waals surface area (Å²) in [6, 6.07) is 57.7. The Bertz CT molecular complexity index is 3200. The van der Waals surface area contributed by atoms with Crippen molar-refractivity contribution in [2.75, 3.05) is 0 Å². The molecule has 0 saturated heterocycles. The zero-order valence-corrected chi connectivity index (χ0v) is 44.4. The van der Waals surface area contributed by atoms with E-state index in [0.29, 0.717) is 0 Å². The third kappa shape index (κ3) is 8.43. The third-order valence-electron chi connectivity index (χ3n) is 16.6. The second-order valence-electron chi connectivity index (χ2n) is 21.6. The van der Waals surface area contributed by atoms with Gasteiger partial charge in [0.15, 0.2) is 0 Å². The lowest BCUT2D eigenvalue weighted by molar-refractivity contribution is 0.795. The molecule has 1 aliphatic heterocycles. The molecule has 0 aliphatic carbocycles. The highest BCUT2D eigenvalue weighted by Gasteiger charge is 2.40. The molecule has 0 atom stereocenters. The van der Waals surface area contributed by atoms with Crippen molar-refractivity contribution in [3.05, 3.63) is 190 Å². The average molecular weight is 939 g/mol. The van der Waals surface area contributed by atoms with Gasteiger partial charge in [-0.2, -0.15) is 0 Å². The number of unbranched alkanes of at least 4 members (excludes halogenated alkanes) is 4. The molecule has 0 fully saturated rings. The summed E-state index contributed by atoms with van der Waals surface area (Å²) >= 11 is 0. The second kappa shape index (κ2) is 20.2. The van der Waals surface area contributed by atoms with Crippen LogP contribution in [0.3, 0.4) is 0 Å². The number of aryl methyl sites for hydroxylation is 8. The van der Waals surface area contributed by atoms with Crippen LogP contribution in [0.5, 0.6) is 0 Å². The number of rotatable bonds is 16. The number of hydrogen-bond donors (Lipinski definition) is 0. The van der Waals surface area contributed by atoms with E-state index in [-0.39, 0.29) is 13.4 Å². The maximum absolute atomic E-state index is 2.55. The molecule has 2 nitrogen and oxygen atoms in total. The summed E-state index contributed by atoms with van der Waals surface area (Å²) in [5.74, 6) is 0. The van der Waals surface area contributed by atoms with Crippen LogP contribution in [-0.2, 0) is 25.7 Å². The number of fused-ring (bicyclic) bond motifs is 8. The molecule has 10 aromatic rings. The molecular weight excluding hydrogens is 866 g/mol. The number of aromatic nitrogens is 2. The minimum absolute atomic E-state index is 0.116. The van der Waals surface area contributed by atoms with Gasteiger partial charge in [-0.15, -0.1) is 0 Å². The molecule has 2 aromatic heterocycles. The summed E-state index contributed by atoms with van der Waals surface area (Å²) < 4.78 is 5.09. The van der Waals surface area contributed by atoms with E-state index in [9.17, 15) is 0 Å². The fourth-order valence-electron chi connectivity index (χ4n) is 13.0. The van der Waals surface area contributed by atoms with Crippen LogP contribution in [0.15, 0.2) is 146 Å². The highest BCUT2D eigenvalue weighted by molar-refractivity contribution is 7.11. The van der Waals surface area contributed by atoms with Crippen LogP contribution >= 0.6 is 0 Å². The minimum atomic E-state index is 0.116. The van der Waals surface area contributed by atoms with Crippen LogP contribution in [0.4, 0.5) is 0 Å². The van der Waals surface area contributed by atoms with Crippen molar-refractivity contribution in [3.8, 4) is 11.4 Å². The van der Waals surface area contributed by atoms with E-state index in [1.807, 2.05) is 0 Å². The van der Waals surface area contributed by atoms with Gasteiger partial charge in [0.05, 0.1) is 22.1 Å². The molecule has 0 spiro atoms. The molecule has 3 heterocycles. The van der Waals surface area contributed by atoms with Crippen molar-refractivity contribution in [1.82, 2.24) is 9.13 Å². The SMILES string of the molecule is CCCCc1ccc2c(c1)c1cc(CCCC)ccc1n2-c1cc(C)c(B2c3ccccc3B(c3c(C)cc(-n4c5ccc(CCCC)cc5c5cc(CCCC)ccc54)cc3C)c3ccccc32)c(C)c1. The Morgan fingerprint density at radius 2 is 0.569 bits per heavy atom.